The summed E-state index contributed by atoms with van der Waals surface area (Å²) in [5.41, 5.74) is 1.09. The third-order valence-corrected chi connectivity index (χ3v) is 2.43. The van der Waals surface area contributed by atoms with Crippen LogP contribution in [0.2, 0.25) is 5.02 Å². The predicted octanol–water partition coefficient (Wildman–Crippen LogP) is 2.14. The summed E-state index contributed by atoms with van der Waals surface area (Å²) in [6.45, 7) is 1.65. The largest absolute Gasteiger partial charge is 0.273 e. The van der Waals surface area contributed by atoms with E-state index in [1.54, 1.807) is 19.2 Å². The number of rotatable bonds is 2. The van der Waals surface area contributed by atoms with E-state index in [0.29, 0.717) is 11.3 Å². The van der Waals surface area contributed by atoms with Crippen LogP contribution in [0, 0.1) is 17.0 Å². The average Bonchev–Trinajstić information content (AvgIpc) is 2.73. The van der Waals surface area contributed by atoms with E-state index in [2.05, 4.69) is 10.3 Å². The molecule has 0 saturated heterocycles. The van der Waals surface area contributed by atoms with Crippen molar-refractivity contribution in [3.8, 4) is 5.69 Å². The highest BCUT2D eigenvalue weighted by Gasteiger charge is 2.15. The number of hydrogen-bond donors (Lipinski definition) is 0. The van der Waals surface area contributed by atoms with Crippen LogP contribution >= 0.6 is 11.6 Å². The minimum absolute atomic E-state index is 0.00568. The van der Waals surface area contributed by atoms with Crippen LogP contribution in [0.5, 0.6) is 0 Å². The maximum Gasteiger partial charge on any atom is 0.273 e. The molecule has 0 saturated carbocycles. The fourth-order valence-corrected chi connectivity index (χ4v) is 1.61. The Hall–Kier alpha value is -1.95. The van der Waals surface area contributed by atoms with Gasteiger partial charge in [0.2, 0.25) is 0 Å². The molecule has 1 aromatic carbocycles. The molecule has 0 fully saturated rings. The predicted molar refractivity (Wildman–Crippen MR) is 57.8 cm³/mol. The Labute approximate surface area is 95.6 Å². The van der Waals surface area contributed by atoms with Crippen LogP contribution < -0.4 is 0 Å². The molecule has 0 bridgehead atoms. The zero-order valence-corrected chi connectivity index (χ0v) is 9.05. The fourth-order valence-electron chi connectivity index (χ4n) is 1.36. The van der Waals surface area contributed by atoms with Crippen molar-refractivity contribution in [2.45, 2.75) is 6.92 Å². The molecule has 0 amide bonds. The molecule has 2 rings (SSSR count). The summed E-state index contributed by atoms with van der Waals surface area (Å²) >= 11 is 5.94. The smallest absolute Gasteiger partial charge is 0.258 e. The molecule has 7 heteroatoms. The molecule has 0 aliphatic rings. The number of aryl methyl sites for hydroxylation is 1. The average molecular weight is 239 g/mol. The number of nitrogens with zero attached hydrogens (tertiary/aromatic N) is 4. The van der Waals surface area contributed by atoms with Crippen LogP contribution in [0.1, 0.15) is 5.56 Å². The molecule has 0 aliphatic carbocycles. The highest BCUT2D eigenvalue weighted by molar-refractivity contribution is 6.32. The normalized spacial score (nSPS) is 10.4. The van der Waals surface area contributed by atoms with Crippen LogP contribution in [0.15, 0.2) is 24.5 Å². The minimum Gasteiger partial charge on any atom is -0.258 e. The second kappa shape index (κ2) is 3.90. The topological polar surface area (TPSA) is 73.8 Å². The van der Waals surface area contributed by atoms with Crippen LogP contribution in [0.3, 0.4) is 0 Å². The quantitative estimate of drug-likeness (QED) is 0.593. The van der Waals surface area contributed by atoms with E-state index in [1.165, 1.54) is 16.9 Å². The minimum atomic E-state index is -0.466. The van der Waals surface area contributed by atoms with Gasteiger partial charge in [0.15, 0.2) is 0 Å². The molecule has 0 radical (unpaired) electrons. The first kappa shape index (κ1) is 10.6. The first-order valence-electron chi connectivity index (χ1n) is 4.41. The fraction of sp³-hybridized carbons (Fsp3) is 0.111. The van der Waals surface area contributed by atoms with Crippen LogP contribution in [0.4, 0.5) is 5.69 Å². The van der Waals surface area contributed by atoms with Crippen LogP contribution in [-0.2, 0) is 0 Å². The number of nitro benzene ring substituents is 1. The maximum atomic E-state index is 10.7. The van der Waals surface area contributed by atoms with Gasteiger partial charge in [0.05, 0.1) is 28.0 Å². The number of hydrogen-bond acceptors (Lipinski definition) is 4. The van der Waals surface area contributed by atoms with Crippen LogP contribution in [0.25, 0.3) is 5.69 Å². The van der Waals surface area contributed by atoms with Gasteiger partial charge < -0.3 is 0 Å². The summed E-state index contributed by atoms with van der Waals surface area (Å²) in [5.74, 6) is 0. The van der Waals surface area contributed by atoms with Gasteiger partial charge in [0.1, 0.15) is 0 Å². The molecule has 0 aliphatic heterocycles. The van der Waals surface area contributed by atoms with Gasteiger partial charge in [-0.1, -0.05) is 16.8 Å². The Morgan fingerprint density at radius 3 is 2.81 bits per heavy atom. The Balaban J connectivity index is 2.59. The molecule has 82 valence electrons. The highest BCUT2D eigenvalue weighted by atomic mass is 35.5. The Morgan fingerprint density at radius 1 is 1.50 bits per heavy atom. The second-order valence-electron chi connectivity index (χ2n) is 3.19. The Bertz CT molecular complexity index is 539. The molecular weight excluding hydrogens is 232 g/mol. The van der Waals surface area contributed by atoms with Crippen molar-refractivity contribution in [2.75, 3.05) is 0 Å². The van der Waals surface area contributed by atoms with Gasteiger partial charge in [-0.3, -0.25) is 10.1 Å². The van der Waals surface area contributed by atoms with E-state index in [1.807, 2.05) is 0 Å². The Morgan fingerprint density at radius 2 is 2.25 bits per heavy atom. The summed E-state index contributed by atoms with van der Waals surface area (Å²) in [6, 6.07) is 2.92. The molecule has 0 N–H and O–H groups in total. The second-order valence-corrected chi connectivity index (χ2v) is 3.60. The maximum absolute atomic E-state index is 10.7. The van der Waals surface area contributed by atoms with E-state index < -0.39 is 4.92 Å². The SMILES string of the molecule is Cc1cc(-n2ccnn2)c(Cl)cc1[N+](=O)[O-]. The number of halogens is 1. The van der Waals surface area contributed by atoms with Crippen molar-refractivity contribution in [2.24, 2.45) is 0 Å². The lowest BCUT2D eigenvalue weighted by atomic mass is 10.2. The van der Waals surface area contributed by atoms with E-state index in [9.17, 15) is 10.1 Å². The monoisotopic (exact) mass is 238 g/mol. The van der Waals surface area contributed by atoms with Crippen molar-refractivity contribution in [1.82, 2.24) is 15.0 Å². The lowest BCUT2D eigenvalue weighted by molar-refractivity contribution is -0.385. The number of aromatic nitrogens is 3. The van der Waals surface area contributed by atoms with Gasteiger partial charge in [-0.25, -0.2) is 4.68 Å². The van der Waals surface area contributed by atoms with E-state index in [0.717, 1.165) is 0 Å². The Kier molecular flexibility index (Phi) is 2.57. The van der Waals surface area contributed by atoms with Crippen molar-refractivity contribution in [3.05, 3.63) is 45.2 Å². The van der Waals surface area contributed by atoms with Crippen LogP contribution in [-0.4, -0.2) is 19.9 Å². The summed E-state index contributed by atoms with van der Waals surface area (Å²) in [6.07, 6.45) is 3.12. The van der Waals surface area contributed by atoms with Gasteiger partial charge in [0.25, 0.3) is 5.69 Å². The van der Waals surface area contributed by atoms with Crippen molar-refractivity contribution < 1.29 is 4.92 Å². The summed E-state index contributed by atoms with van der Waals surface area (Å²) in [7, 11) is 0. The third-order valence-electron chi connectivity index (χ3n) is 2.13. The molecule has 0 spiro atoms. The van der Waals surface area contributed by atoms with Gasteiger partial charge >= 0.3 is 0 Å². The molecule has 1 aromatic heterocycles. The number of nitro groups is 1. The first-order chi connectivity index (χ1) is 7.59. The van der Waals surface area contributed by atoms with Crippen molar-refractivity contribution >= 4 is 17.3 Å². The van der Waals surface area contributed by atoms with Crippen molar-refractivity contribution in [1.29, 1.82) is 0 Å². The van der Waals surface area contributed by atoms with E-state index in [-0.39, 0.29) is 10.7 Å². The zero-order valence-electron chi connectivity index (χ0n) is 8.29. The first-order valence-corrected chi connectivity index (χ1v) is 4.78. The highest BCUT2D eigenvalue weighted by Crippen LogP contribution is 2.28. The van der Waals surface area contributed by atoms with Crippen molar-refractivity contribution in [3.63, 3.8) is 0 Å². The van der Waals surface area contributed by atoms with Gasteiger partial charge in [0, 0.05) is 11.6 Å². The van der Waals surface area contributed by atoms with Gasteiger partial charge in [-0.05, 0) is 13.0 Å². The molecule has 16 heavy (non-hydrogen) atoms. The van der Waals surface area contributed by atoms with Gasteiger partial charge in [-0.15, -0.1) is 5.10 Å². The molecular formula is C9H7ClN4O2. The van der Waals surface area contributed by atoms with E-state index >= 15 is 0 Å². The third kappa shape index (κ3) is 1.74. The molecule has 0 atom stereocenters. The van der Waals surface area contributed by atoms with E-state index in [4.69, 9.17) is 11.6 Å². The summed E-state index contributed by atoms with van der Waals surface area (Å²) in [5, 5.41) is 18.4. The molecule has 2 aromatic rings. The van der Waals surface area contributed by atoms with Gasteiger partial charge in [-0.2, -0.15) is 0 Å². The molecule has 6 nitrogen and oxygen atoms in total. The zero-order chi connectivity index (χ0) is 11.7. The molecule has 1 heterocycles. The molecule has 0 unspecified atom stereocenters. The standard InChI is InChI=1S/C9H7ClN4O2/c1-6-4-9(13-3-2-11-12-13)7(10)5-8(6)14(15)16/h2-5H,1H3. The summed E-state index contributed by atoms with van der Waals surface area (Å²) in [4.78, 5) is 10.2. The summed E-state index contributed by atoms with van der Waals surface area (Å²) < 4.78 is 1.46. The lowest BCUT2D eigenvalue weighted by Crippen LogP contribution is -1.99. The number of benzene rings is 1. The lowest BCUT2D eigenvalue weighted by Gasteiger charge is -2.05.